The van der Waals surface area contributed by atoms with Gasteiger partial charge in [-0.2, -0.15) is 0 Å². The molecule has 130 valence electrons. The molecular formula is C20H33NO2. The van der Waals surface area contributed by atoms with Gasteiger partial charge >= 0.3 is 0 Å². The molecule has 0 spiro atoms. The van der Waals surface area contributed by atoms with E-state index in [1.54, 1.807) is 7.11 Å². The number of rotatable bonds is 6. The van der Waals surface area contributed by atoms with Gasteiger partial charge in [-0.1, -0.05) is 30.7 Å². The Kier molecular flexibility index (Phi) is 7.90. The Hall–Kier alpha value is -1.06. The zero-order valence-electron chi connectivity index (χ0n) is 14.8. The molecule has 23 heavy (non-hydrogen) atoms. The zero-order valence-corrected chi connectivity index (χ0v) is 14.8. The first kappa shape index (κ1) is 18.3. The third-order valence-electron chi connectivity index (χ3n) is 4.99. The predicted molar refractivity (Wildman–Crippen MR) is 96.1 cm³/mol. The number of ether oxygens (including phenoxy) is 2. The van der Waals surface area contributed by atoms with Crippen molar-refractivity contribution in [3.63, 3.8) is 0 Å². The first-order valence-electron chi connectivity index (χ1n) is 9.17. The fourth-order valence-corrected chi connectivity index (χ4v) is 3.47. The molecule has 0 aromatic heterocycles. The Balaban J connectivity index is 1.90. The molecule has 1 fully saturated rings. The molecule has 3 unspecified atom stereocenters. The Labute approximate surface area is 141 Å². The summed E-state index contributed by atoms with van der Waals surface area (Å²) in [6.45, 7) is 2.97. The van der Waals surface area contributed by atoms with Gasteiger partial charge in [0.05, 0.1) is 25.1 Å². The summed E-state index contributed by atoms with van der Waals surface area (Å²) in [5.41, 5.74) is 7.10. The molecule has 3 atom stereocenters. The van der Waals surface area contributed by atoms with Crippen molar-refractivity contribution < 1.29 is 9.47 Å². The molecule has 3 heteroatoms. The minimum absolute atomic E-state index is 0.392. The number of nitrogens with two attached hydrogens (primary N) is 1. The molecule has 1 heterocycles. The van der Waals surface area contributed by atoms with Crippen LogP contribution in [0.15, 0.2) is 35.6 Å². The Morgan fingerprint density at radius 3 is 2.65 bits per heavy atom. The number of hydrogen-bond donors (Lipinski definition) is 1. The molecular weight excluding hydrogens is 286 g/mol. The zero-order chi connectivity index (χ0) is 16.5. The maximum absolute atomic E-state index is 6.09. The van der Waals surface area contributed by atoms with E-state index in [9.17, 15) is 0 Å². The summed E-state index contributed by atoms with van der Waals surface area (Å²) in [5, 5.41) is 0. The maximum atomic E-state index is 6.09. The number of hydrogen-bond acceptors (Lipinski definition) is 3. The van der Waals surface area contributed by atoms with E-state index in [0.717, 1.165) is 50.8 Å². The molecule has 0 saturated carbocycles. The minimum Gasteiger partial charge on any atom is -0.501 e. The molecule has 3 nitrogen and oxygen atoms in total. The van der Waals surface area contributed by atoms with E-state index in [1.165, 1.54) is 18.4 Å². The average Bonchev–Trinajstić information content (AvgIpc) is 3.00. The van der Waals surface area contributed by atoms with Crippen LogP contribution in [0.3, 0.4) is 0 Å². The van der Waals surface area contributed by atoms with Crippen LogP contribution < -0.4 is 5.73 Å². The van der Waals surface area contributed by atoms with E-state index in [-0.39, 0.29) is 0 Å². The maximum Gasteiger partial charge on any atom is 0.0983 e. The summed E-state index contributed by atoms with van der Waals surface area (Å²) in [7, 11) is 1.78. The molecule has 0 bridgehead atoms. The van der Waals surface area contributed by atoms with Gasteiger partial charge < -0.3 is 15.2 Å². The van der Waals surface area contributed by atoms with Crippen molar-refractivity contribution in [2.24, 2.45) is 11.7 Å². The molecule has 0 radical (unpaired) electrons. The normalized spacial score (nSPS) is 35.0. The molecule has 1 aliphatic carbocycles. The summed E-state index contributed by atoms with van der Waals surface area (Å²) in [5.74, 6) is 1.58. The summed E-state index contributed by atoms with van der Waals surface area (Å²) in [6, 6.07) is 0. The Morgan fingerprint density at radius 2 is 1.91 bits per heavy atom. The second-order valence-corrected chi connectivity index (χ2v) is 6.83. The van der Waals surface area contributed by atoms with Gasteiger partial charge in [0, 0.05) is 5.92 Å². The quantitative estimate of drug-likeness (QED) is 0.733. The van der Waals surface area contributed by atoms with Crippen molar-refractivity contribution in [2.75, 3.05) is 13.7 Å². The van der Waals surface area contributed by atoms with E-state index in [0.29, 0.717) is 18.1 Å². The lowest BCUT2D eigenvalue weighted by Crippen LogP contribution is -2.15. The Bertz CT molecular complexity index is 439. The van der Waals surface area contributed by atoms with Gasteiger partial charge in [0.1, 0.15) is 0 Å². The second-order valence-electron chi connectivity index (χ2n) is 6.83. The molecule has 0 amide bonds. The van der Waals surface area contributed by atoms with Gasteiger partial charge in [0.15, 0.2) is 0 Å². The molecule has 1 aliphatic heterocycles. The monoisotopic (exact) mass is 319 g/mol. The Morgan fingerprint density at radius 1 is 1.13 bits per heavy atom. The predicted octanol–water partition coefficient (Wildman–Crippen LogP) is 4.50. The molecule has 2 rings (SSSR count). The highest BCUT2D eigenvalue weighted by Gasteiger charge is 2.24. The van der Waals surface area contributed by atoms with Crippen LogP contribution in [0.5, 0.6) is 0 Å². The van der Waals surface area contributed by atoms with Crippen LogP contribution >= 0.6 is 0 Å². The summed E-state index contributed by atoms with van der Waals surface area (Å²) in [6.07, 6.45) is 18.8. The van der Waals surface area contributed by atoms with E-state index in [1.807, 2.05) is 0 Å². The molecule has 2 aliphatic rings. The van der Waals surface area contributed by atoms with Gasteiger partial charge in [0.2, 0.25) is 0 Å². The van der Waals surface area contributed by atoms with Crippen molar-refractivity contribution in [3.8, 4) is 0 Å². The van der Waals surface area contributed by atoms with Crippen LogP contribution in [-0.4, -0.2) is 25.9 Å². The third kappa shape index (κ3) is 6.15. The fourth-order valence-electron chi connectivity index (χ4n) is 3.47. The lowest BCUT2D eigenvalue weighted by atomic mass is 9.97. The average molecular weight is 319 g/mol. The minimum atomic E-state index is 0.392. The van der Waals surface area contributed by atoms with Crippen molar-refractivity contribution in [1.82, 2.24) is 0 Å². The van der Waals surface area contributed by atoms with Gasteiger partial charge in [-0.15, -0.1) is 0 Å². The topological polar surface area (TPSA) is 44.5 Å². The second kappa shape index (κ2) is 9.94. The standard InChI is InChI=1S/C20H33NO2/c1-16-6-4-3-5-7-17(9-13-20(16)22-2)8-10-18-11-12-19(23-18)14-15-21/h3,5,9,13,16,18-19H,4,6-8,10-12,14-15,21H2,1-2H3/b5-3-,17-9+,20-13+. The van der Waals surface area contributed by atoms with Crippen LogP contribution in [-0.2, 0) is 9.47 Å². The lowest BCUT2D eigenvalue weighted by Gasteiger charge is -2.16. The van der Waals surface area contributed by atoms with Crippen LogP contribution in [0.4, 0.5) is 0 Å². The van der Waals surface area contributed by atoms with Crippen LogP contribution in [0.1, 0.15) is 58.3 Å². The SMILES string of the molecule is CO/C1=C/C=C(/CCC2CCC(CCN)O2)C/C=C\CCC1C. The fraction of sp³-hybridized carbons (Fsp3) is 0.700. The van der Waals surface area contributed by atoms with E-state index < -0.39 is 0 Å². The molecule has 2 N–H and O–H groups in total. The largest absolute Gasteiger partial charge is 0.501 e. The van der Waals surface area contributed by atoms with Crippen LogP contribution in [0.2, 0.25) is 0 Å². The summed E-state index contributed by atoms with van der Waals surface area (Å²) in [4.78, 5) is 0. The van der Waals surface area contributed by atoms with Crippen LogP contribution in [0, 0.1) is 5.92 Å². The smallest absolute Gasteiger partial charge is 0.0983 e. The van der Waals surface area contributed by atoms with Gasteiger partial charge in [-0.3, -0.25) is 0 Å². The van der Waals surface area contributed by atoms with Crippen molar-refractivity contribution >= 4 is 0 Å². The van der Waals surface area contributed by atoms with E-state index in [2.05, 4.69) is 31.2 Å². The molecule has 1 saturated heterocycles. The highest BCUT2D eigenvalue weighted by atomic mass is 16.5. The number of allylic oxidation sites excluding steroid dienone is 6. The van der Waals surface area contributed by atoms with Crippen molar-refractivity contribution in [3.05, 3.63) is 35.6 Å². The number of methoxy groups -OCH3 is 1. The molecule has 0 aromatic rings. The van der Waals surface area contributed by atoms with Crippen molar-refractivity contribution in [1.29, 1.82) is 0 Å². The first-order valence-corrected chi connectivity index (χ1v) is 9.17. The summed E-state index contributed by atoms with van der Waals surface area (Å²) >= 11 is 0. The first-order chi connectivity index (χ1) is 11.2. The highest BCUT2D eigenvalue weighted by Crippen LogP contribution is 2.27. The van der Waals surface area contributed by atoms with E-state index in [4.69, 9.17) is 15.2 Å². The van der Waals surface area contributed by atoms with Gasteiger partial charge in [-0.05, 0) is 64.0 Å². The molecule has 0 aromatic carbocycles. The third-order valence-corrected chi connectivity index (χ3v) is 4.99. The highest BCUT2D eigenvalue weighted by molar-refractivity contribution is 5.19. The van der Waals surface area contributed by atoms with Gasteiger partial charge in [0.25, 0.3) is 0 Å². The van der Waals surface area contributed by atoms with E-state index >= 15 is 0 Å². The van der Waals surface area contributed by atoms with Gasteiger partial charge in [-0.25, -0.2) is 0 Å². The lowest BCUT2D eigenvalue weighted by molar-refractivity contribution is 0.0377. The van der Waals surface area contributed by atoms with Crippen LogP contribution in [0.25, 0.3) is 0 Å². The summed E-state index contributed by atoms with van der Waals surface area (Å²) < 4.78 is 11.6. The van der Waals surface area contributed by atoms with Crippen molar-refractivity contribution in [2.45, 2.75) is 70.5 Å².